The summed E-state index contributed by atoms with van der Waals surface area (Å²) in [6, 6.07) is 21.6. The fraction of sp³-hybridized carbons (Fsp3) is 0.227. The molecule has 0 fully saturated rings. The minimum Gasteiger partial charge on any atom is -0.497 e. The molecule has 140 valence electrons. The molecule has 1 aromatic heterocycles. The number of anilines is 1. The highest BCUT2D eigenvalue weighted by Gasteiger charge is 2.17. The van der Waals surface area contributed by atoms with Gasteiger partial charge in [-0.05, 0) is 41.3 Å². The second-order valence-corrected chi connectivity index (χ2v) is 7.08. The lowest BCUT2D eigenvalue weighted by atomic mass is 10.2. The Balaban J connectivity index is 1.61. The molecule has 0 aliphatic carbocycles. The third-order valence-corrected chi connectivity index (χ3v) is 5.01. The molecular weight excluding hydrogens is 358 g/mol. The van der Waals surface area contributed by atoms with Gasteiger partial charge in [0, 0.05) is 10.6 Å². The van der Waals surface area contributed by atoms with Gasteiger partial charge in [0.15, 0.2) is 0 Å². The van der Waals surface area contributed by atoms with E-state index in [0.717, 1.165) is 21.9 Å². The van der Waals surface area contributed by atoms with E-state index in [1.54, 1.807) is 23.3 Å². The van der Waals surface area contributed by atoms with E-state index in [0.29, 0.717) is 26.2 Å². The standard InChI is InChI=1S/C22H23NO3S/c1-25-20-11-9-19(10-12-20)23(16-21-8-5-15-27-21)22(24)13-14-26-17-18-6-3-2-4-7-18/h2-12,15H,13-14,16-17H2,1H3. The van der Waals surface area contributed by atoms with Crippen LogP contribution in [0, 0.1) is 0 Å². The first kappa shape index (κ1) is 19.1. The van der Waals surface area contributed by atoms with E-state index in [9.17, 15) is 4.79 Å². The van der Waals surface area contributed by atoms with Crippen molar-refractivity contribution in [2.75, 3.05) is 18.6 Å². The molecule has 0 spiro atoms. The quantitative estimate of drug-likeness (QED) is 0.495. The van der Waals surface area contributed by atoms with Crippen LogP contribution in [0.4, 0.5) is 5.69 Å². The molecule has 1 heterocycles. The van der Waals surface area contributed by atoms with Crippen molar-refractivity contribution in [3.05, 3.63) is 82.6 Å². The van der Waals surface area contributed by atoms with Gasteiger partial charge < -0.3 is 14.4 Å². The largest absolute Gasteiger partial charge is 0.497 e. The molecule has 0 atom stereocenters. The van der Waals surface area contributed by atoms with Crippen LogP contribution in [-0.4, -0.2) is 19.6 Å². The van der Waals surface area contributed by atoms with Crippen LogP contribution >= 0.6 is 11.3 Å². The summed E-state index contributed by atoms with van der Waals surface area (Å²) in [5.74, 6) is 0.815. The number of hydrogen-bond donors (Lipinski definition) is 0. The lowest BCUT2D eigenvalue weighted by Crippen LogP contribution is -2.30. The zero-order valence-electron chi connectivity index (χ0n) is 15.3. The fourth-order valence-corrected chi connectivity index (χ4v) is 3.40. The van der Waals surface area contributed by atoms with Crippen molar-refractivity contribution in [3.63, 3.8) is 0 Å². The molecule has 4 nitrogen and oxygen atoms in total. The van der Waals surface area contributed by atoms with Crippen molar-refractivity contribution < 1.29 is 14.3 Å². The molecule has 1 amide bonds. The van der Waals surface area contributed by atoms with Gasteiger partial charge in [0.05, 0.1) is 33.3 Å². The van der Waals surface area contributed by atoms with Crippen molar-refractivity contribution >= 4 is 22.9 Å². The molecule has 0 aliphatic heterocycles. The topological polar surface area (TPSA) is 38.8 Å². The second-order valence-electron chi connectivity index (χ2n) is 6.05. The molecule has 0 aliphatic rings. The number of ether oxygens (including phenoxy) is 2. The third-order valence-electron chi connectivity index (χ3n) is 4.15. The molecule has 3 rings (SSSR count). The van der Waals surface area contributed by atoms with E-state index >= 15 is 0 Å². The van der Waals surface area contributed by atoms with Crippen molar-refractivity contribution in [1.82, 2.24) is 0 Å². The molecule has 2 aromatic carbocycles. The predicted octanol–water partition coefficient (Wildman–Crippen LogP) is 4.90. The Kier molecular flexibility index (Phi) is 7.02. The van der Waals surface area contributed by atoms with Crippen LogP contribution in [0.5, 0.6) is 5.75 Å². The summed E-state index contributed by atoms with van der Waals surface area (Å²) in [7, 11) is 1.63. The molecule has 0 bridgehead atoms. The maximum atomic E-state index is 12.9. The van der Waals surface area contributed by atoms with E-state index in [-0.39, 0.29) is 5.91 Å². The van der Waals surface area contributed by atoms with Crippen LogP contribution in [0.2, 0.25) is 0 Å². The number of rotatable bonds is 9. The molecule has 0 saturated heterocycles. The van der Waals surface area contributed by atoms with E-state index < -0.39 is 0 Å². The number of carbonyl (C=O) groups is 1. The van der Waals surface area contributed by atoms with Crippen LogP contribution in [0.25, 0.3) is 0 Å². The van der Waals surface area contributed by atoms with Crippen molar-refractivity contribution in [2.45, 2.75) is 19.6 Å². The van der Waals surface area contributed by atoms with Crippen LogP contribution < -0.4 is 9.64 Å². The molecule has 27 heavy (non-hydrogen) atoms. The monoisotopic (exact) mass is 381 g/mol. The average Bonchev–Trinajstić information content (AvgIpc) is 3.23. The van der Waals surface area contributed by atoms with E-state index in [2.05, 4.69) is 0 Å². The summed E-state index contributed by atoms with van der Waals surface area (Å²) >= 11 is 1.65. The van der Waals surface area contributed by atoms with Crippen LogP contribution in [-0.2, 0) is 22.7 Å². The van der Waals surface area contributed by atoms with Crippen molar-refractivity contribution in [3.8, 4) is 5.75 Å². The Morgan fingerprint density at radius 3 is 2.44 bits per heavy atom. The zero-order chi connectivity index (χ0) is 18.9. The minimum absolute atomic E-state index is 0.0432. The summed E-state index contributed by atoms with van der Waals surface area (Å²) in [6.45, 7) is 1.47. The average molecular weight is 381 g/mol. The molecular formula is C22H23NO3S. The molecule has 0 saturated carbocycles. The van der Waals surface area contributed by atoms with Gasteiger partial charge in [0.25, 0.3) is 0 Å². The highest BCUT2D eigenvalue weighted by atomic mass is 32.1. The summed E-state index contributed by atoms with van der Waals surface area (Å²) in [6.07, 6.45) is 0.338. The Morgan fingerprint density at radius 2 is 1.78 bits per heavy atom. The van der Waals surface area contributed by atoms with E-state index in [1.165, 1.54) is 0 Å². The highest BCUT2D eigenvalue weighted by molar-refractivity contribution is 7.09. The van der Waals surface area contributed by atoms with Crippen LogP contribution in [0.1, 0.15) is 16.9 Å². The fourth-order valence-electron chi connectivity index (χ4n) is 2.70. The molecule has 0 radical (unpaired) electrons. The smallest absolute Gasteiger partial charge is 0.229 e. The number of hydrogen-bond acceptors (Lipinski definition) is 4. The summed E-state index contributed by atoms with van der Waals surface area (Å²) in [5.41, 5.74) is 1.97. The van der Waals surface area contributed by atoms with Crippen molar-refractivity contribution in [1.29, 1.82) is 0 Å². The van der Waals surface area contributed by atoms with Gasteiger partial charge in [-0.3, -0.25) is 4.79 Å². The van der Waals surface area contributed by atoms with E-state index in [1.807, 2.05) is 72.1 Å². The SMILES string of the molecule is COc1ccc(N(Cc2cccs2)C(=O)CCOCc2ccccc2)cc1. The number of benzene rings is 2. The van der Waals surface area contributed by atoms with Gasteiger partial charge >= 0.3 is 0 Å². The second kappa shape index (κ2) is 9.90. The first-order valence-electron chi connectivity index (χ1n) is 8.85. The lowest BCUT2D eigenvalue weighted by Gasteiger charge is -2.22. The van der Waals surface area contributed by atoms with Gasteiger partial charge in [-0.1, -0.05) is 36.4 Å². The first-order chi connectivity index (χ1) is 13.3. The Bertz CT molecular complexity index is 817. The Morgan fingerprint density at radius 1 is 1.00 bits per heavy atom. The van der Waals surface area contributed by atoms with Crippen LogP contribution in [0.3, 0.4) is 0 Å². The van der Waals surface area contributed by atoms with Gasteiger partial charge in [-0.25, -0.2) is 0 Å². The molecule has 0 N–H and O–H groups in total. The molecule has 0 unspecified atom stereocenters. The normalized spacial score (nSPS) is 10.6. The van der Waals surface area contributed by atoms with Gasteiger partial charge in [-0.15, -0.1) is 11.3 Å². The Hall–Kier alpha value is -2.63. The zero-order valence-corrected chi connectivity index (χ0v) is 16.2. The van der Waals surface area contributed by atoms with Gasteiger partial charge in [0.1, 0.15) is 5.75 Å². The maximum absolute atomic E-state index is 12.9. The number of methoxy groups -OCH3 is 1. The first-order valence-corrected chi connectivity index (χ1v) is 9.72. The Labute approximate surface area is 164 Å². The summed E-state index contributed by atoms with van der Waals surface area (Å²) in [4.78, 5) is 15.8. The minimum atomic E-state index is 0.0432. The number of nitrogens with zero attached hydrogens (tertiary/aromatic N) is 1. The maximum Gasteiger partial charge on any atom is 0.229 e. The molecule has 5 heteroatoms. The van der Waals surface area contributed by atoms with Gasteiger partial charge in [0.2, 0.25) is 5.91 Å². The molecule has 3 aromatic rings. The lowest BCUT2D eigenvalue weighted by molar-refractivity contribution is -0.119. The third kappa shape index (κ3) is 5.67. The predicted molar refractivity (Wildman–Crippen MR) is 109 cm³/mol. The van der Waals surface area contributed by atoms with E-state index in [4.69, 9.17) is 9.47 Å². The summed E-state index contributed by atoms with van der Waals surface area (Å²) < 4.78 is 10.9. The summed E-state index contributed by atoms with van der Waals surface area (Å²) in [5, 5.41) is 2.02. The van der Waals surface area contributed by atoms with Gasteiger partial charge in [-0.2, -0.15) is 0 Å². The van der Waals surface area contributed by atoms with Crippen LogP contribution in [0.15, 0.2) is 72.1 Å². The highest BCUT2D eigenvalue weighted by Crippen LogP contribution is 2.23. The van der Waals surface area contributed by atoms with Crippen molar-refractivity contribution in [2.24, 2.45) is 0 Å². The number of carbonyl (C=O) groups excluding carboxylic acids is 1. The number of amides is 1. The number of thiophene rings is 1.